The summed E-state index contributed by atoms with van der Waals surface area (Å²) in [5, 5.41) is 5.72. The van der Waals surface area contributed by atoms with Crippen molar-refractivity contribution in [1.82, 2.24) is 15.5 Å². The average molecular weight is 340 g/mol. The van der Waals surface area contributed by atoms with Crippen LogP contribution in [0.1, 0.15) is 18.4 Å². The Kier molecular flexibility index (Phi) is 5.00. The van der Waals surface area contributed by atoms with Gasteiger partial charge in [-0.2, -0.15) is 0 Å². The molecule has 20 heavy (non-hydrogen) atoms. The molecule has 5 nitrogen and oxygen atoms in total. The molecule has 0 bridgehead atoms. The second kappa shape index (κ2) is 6.74. The molecule has 0 aromatic heterocycles. The molecular formula is C14H18BrN3O2. The lowest BCUT2D eigenvalue weighted by atomic mass is 10.1. The normalized spacial score (nSPS) is 18.8. The number of halogens is 1. The summed E-state index contributed by atoms with van der Waals surface area (Å²) in [6, 6.07) is 7.63. The van der Waals surface area contributed by atoms with Crippen LogP contribution < -0.4 is 10.6 Å². The van der Waals surface area contributed by atoms with Crippen LogP contribution in [0.2, 0.25) is 0 Å². The van der Waals surface area contributed by atoms with E-state index in [0.29, 0.717) is 25.9 Å². The van der Waals surface area contributed by atoms with Gasteiger partial charge in [0.25, 0.3) is 0 Å². The molecule has 3 amide bonds. The van der Waals surface area contributed by atoms with Crippen molar-refractivity contribution in [3.63, 3.8) is 0 Å². The fourth-order valence-corrected chi connectivity index (χ4v) is 2.42. The number of likely N-dealkylation sites (N-methyl/N-ethyl adjacent to an activating group) is 1. The third-order valence-electron chi connectivity index (χ3n) is 3.33. The third kappa shape index (κ3) is 4.23. The molecule has 1 aliphatic rings. The summed E-state index contributed by atoms with van der Waals surface area (Å²) in [4.78, 5) is 24.8. The zero-order valence-electron chi connectivity index (χ0n) is 11.4. The molecule has 0 aliphatic carbocycles. The van der Waals surface area contributed by atoms with Crippen LogP contribution in [0.25, 0.3) is 0 Å². The smallest absolute Gasteiger partial charge is 0.315 e. The first-order chi connectivity index (χ1) is 9.54. The molecule has 1 saturated heterocycles. The molecule has 0 saturated carbocycles. The summed E-state index contributed by atoms with van der Waals surface area (Å²) in [7, 11) is 1.76. The first-order valence-corrected chi connectivity index (χ1v) is 7.36. The first-order valence-electron chi connectivity index (χ1n) is 6.57. The minimum atomic E-state index is -0.194. The number of nitrogens with zero attached hydrogens (tertiary/aromatic N) is 1. The van der Waals surface area contributed by atoms with E-state index in [1.54, 1.807) is 11.9 Å². The quantitative estimate of drug-likeness (QED) is 0.883. The number of amides is 3. The van der Waals surface area contributed by atoms with E-state index in [1.807, 2.05) is 24.3 Å². The fraction of sp³-hybridized carbons (Fsp3) is 0.429. The molecule has 1 aliphatic heterocycles. The van der Waals surface area contributed by atoms with Gasteiger partial charge in [0.2, 0.25) is 5.91 Å². The van der Waals surface area contributed by atoms with Gasteiger partial charge in [0.1, 0.15) is 0 Å². The molecule has 1 fully saturated rings. The number of hydrogen-bond donors (Lipinski definition) is 2. The molecule has 1 heterocycles. The van der Waals surface area contributed by atoms with Crippen molar-refractivity contribution in [1.29, 1.82) is 0 Å². The molecule has 2 N–H and O–H groups in total. The average Bonchev–Trinajstić information content (AvgIpc) is 2.42. The maximum atomic E-state index is 11.8. The van der Waals surface area contributed by atoms with E-state index in [1.165, 1.54) is 0 Å². The number of carbonyl (C=O) groups is 2. The zero-order chi connectivity index (χ0) is 14.5. The number of likely N-dealkylation sites (tertiary alicyclic amines) is 1. The number of carbonyl (C=O) groups excluding carboxylic acids is 2. The fourth-order valence-electron chi connectivity index (χ4n) is 2.15. The first kappa shape index (κ1) is 14.8. The van der Waals surface area contributed by atoms with E-state index in [4.69, 9.17) is 0 Å². The van der Waals surface area contributed by atoms with Gasteiger partial charge in [-0.05, 0) is 24.1 Å². The predicted molar refractivity (Wildman–Crippen MR) is 80.2 cm³/mol. The minimum absolute atomic E-state index is 0.0302. The maximum Gasteiger partial charge on any atom is 0.315 e. The number of hydrogen-bond acceptors (Lipinski definition) is 2. The Bertz CT molecular complexity index is 490. The summed E-state index contributed by atoms with van der Waals surface area (Å²) in [6.07, 6.45) is 1.20. The van der Waals surface area contributed by atoms with Crippen molar-refractivity contribution in [2.24, 2.45) is 0 Å². The summed E-state index contributed by atoms with van der Waals surface area (Å²) in [5.41, 5.74) is 1.04. The van der Waals surface area contributed by atoms with Gasteiger partial charge in [-0.3, -0.25) is 4.79 Å². The molecule has 1 aromatic rings. The van der Waals surface area contributed by atoms with Gasteiger partial charge in [-0.15, -0.1) is 0 Å². The molecule has 0 spiro atoms. The van der Waals surface area contributed by atoms with E-state index in [-0.39, 0.29) is 18.0 Å². The van der Waals surface area contributed by atoms with E-state index >= 15 is 0 Å². The van der Waals surface area contributed by atoms with Crippen LogP contribution in [0.15, 0.2) is 28.7 Å². The van der Waals surface area contributed by atoms with Crippen LogP contribution in [-0.2, 0) is 11.3 Å². The van der Waals surface area contributed by atoms with Crippen LogP contribution in [-0.4, -0.2) is 36.5 Å². The second-order valence-corrected chi connectivity index (χ2v) is 5.88. The van der Waals surface area contributed by atoms with E-state index in [9.17, 15) is 9.59 Å². The predicted octanol–water partition coefficient (Wildman–Crippen LogP) is 1.87. The molecular weight excluding hydrogens is 322 g/mol. The van der Waals surface area contributed by atoms with Crippen LogP contribution in [0.3, 0.4) is 0 Å². The topological polar surface area (TPSA) is 61.4 Å². The van der Waals surface area contributed by atoms with Crippen molar-refractivity contribution in [2.75, 3.05) is 13.6 Å². The highest BCUT2D eigenvalue weighted by molar-refractivity contribution is 9.10. The van der Waals surface area contributed by atoms with Crippen molar-refractivity contribution in [3.05, 3.63) is 34.3 Å². The second-order valence-electron chi connectivity index (χ2n) is 4.96. The van der Waals surface area contributed by atoms with E-state index < -0.39 is 0 Å². The van der Waals surface area contributed by atoms with E-state index in [2.05, 4.69) is 26.6 Å². The van der Waals surface area contributed by atoms with Crippen molar-refractivity contribution in [2.45, 2.75) is 25.4 Å². The van der Waals surface area contributed by atoms with Gasteiger partial charge in [0, 0.05) is 37.1 Å². The number of benzene rings is 1. The summed E-state index contributed by atoms with van der Waals surface area (Å²) in [6.45, 7) is 1.06. The maximum absolute atomic E-state index is 11.8. The van der Waals surface area contributed by atoms with Crippen molar-refractivity contribution in [3.8, 4) is 0 Å². The summed E-state index contributed by atoms with van der Waals surface area (Å²) < 4.78 is 1.01. The van der Waals surface area contributed by atoms with Crippen molar-refractivity contribution >= 4 is 27.9 Å². The highest BCUT2D eigenvalue weighted by Crippen LogP contribution is 2.11. The van der Waals surface area contributed by atoms with Crippen LogP contribution >= 0.6 is 15.9 Å². The Morgan fingerprint density at radius 3 is 2.75 bits per heavy atom. The van der Waals surface area contributed by atoms with Gasteiger partial charge in [-0.25, -0.2) is 4.79 Å². The standard InChI is InChI=1S/C14H18BrN3O2/c1-18-9-12(6-7-13(18)19)17-14(20)16-8-10-2-4-11(15)5-3-10/h2-5,12H,6-9H2,1H3,(H2,16,17,20)/t12-/m0/s1. The molecule has 1 atom stereocenters. The van der Waals surface area contributed by atoms with Crippen LogP contribution in [0.5, 0.6) is 0 Å². The van der Waals surface area contributed by atoms with Gasteiger partial charge in [0.05, 0.1) is 0 Å². The lowest BCUT2D eigenvalue weighted by molar-refractivity contribution is -0.132. The molecule has 1 aromatic carbocycles. The van der Waals surface area contributed by atoms with E-state index in [0.717, 1.165) is 10.0 Å². The number of rotatable bonds is 3. The van der Waals surface area contributed by atoms with Gasteiger partial charge >= 0.3 is 6.03 Å². The van der Waals surface area contributed by atoms with Gasteiger partial charge in [0.15, 0.2) is 0 Å². The SMILES string of the molecule is CN1C[C@@H](NC(=O)NCc2ccc(Br)cc2)CCC1=O. The Morgan fingerprint density at radius 1 is 1.40 bits per heavy atom. The lowest BCUT2D eigenvalue weighted by Crippen LogP contribution is -2.50. The zero-order valence-corrected chi connectivity index (χ0v) is 12.9. The largest absolute Gasteiger partial charge is 0.344 e. The lowest BCUT2D eigenvalue weighted by Gasteiger charge is -2.30. The van der Waals surface area contributed by atoms with Crippen LogP contribution in [0.4, 0.5) is 4.79 Å². The van der Waals surface area contributed by atoms with Gasteiger partial charge in [-0.1, -0.05) is 28.1 Å². The molecule has 108 valence electrons. The number of nitrogens with one attached hydrogen (secondary N) is 2. The molecule has 0 unspecified atom stereocenters. The Morgan fingerprint density at radius 2 is 2.10 bits per heavy atom. The Hall–Kier alpha value is -1.56. The Balaban J connectivity index is 1.75. The number of urea groups is 1. The minimum Gasteiger partial charge on any atom is -0.344 e. The number of piperidine rings is 1. The molecule has 2 rings (SSSR count). The third-order valence-corrected chi connectivity index (χ3v) is 3.86. The highest BCUT2D eigenvalue weighted by Gasteiger charge is 2.23. The van der Waals surface area contributed by atoms with Crippen LogP contribution in [0, 0.1) is 0 Å². The van der Waals surface area contributed by atoms with Gasteiger partial charge < -0.3 is 15.5 Å². The molecule has 6 heteroatoms. The molecule has 0 radical (unpaired) electrons. The van der Waals surface area contributed by atoms with Crippen molar-refractivity contribution < 1.29 is 9.59 Å². The Labute approximate surface area is 126 Å². The summed E-state index contributed by atoms with van der Waals surface area (Å²) >= 11 is 3.37. The summed E-state index contributed by atoms with van der Waals surface area (Å²) in [5.74, 6) is 0.137. The highest BCUT2D eigenvalue weighted by atomic mass is 79.9. The monoisotopic (exact) mass is 339 g/mol.